The number of aromatic amines is 1. The number of halogens is 6. The Morgan fingerprint density at radius 3 is 1.34 bits per heavy atom. The third-order valence-electron chi connectivity index (χ3n) is 23.7. The molecule has 0 spiro atoms. The fourth-order valence-electron chi connectivity index (χ4n) is 16.9. The van der Waals surface area contributed by atoms with E-state index in [4.69, 9.17) is 108 Å². The van der Waals surface area contributed by atoms with Gasteiger partial charge in [0, 0.05) is 121 Å². The maximum Gasteiger partial charge on any atom is 0.407 e. The average molecular weight is 2020 g/mol. The molecule has 13 aromatic rings. The van der Waals surface area contributed by atoms with Crippen molar-refractivity contribution >= 4 is 213 Å². The summed E-state index contributed by atoms with van der Waals surface area (Å²) in [5, 5.41) is 43.4. The number of morpholine rings is 5. The number of allylic oxidation sites excluding steroid dienone is 1. The molecule has 7 aromatic carbocycles. The third-order valence-corrected chi connectivity index (χ3v) is 31.0. The predicted octanol–water partition coefficient (Wildman–Crippen LogP) is 25.8. The van der Waals surface area contributed by atoms with Crippen LogP contribution in [0.5, 0.6) is 0 Å². The Morgan fingerprint density at radius 1 is 0.482 bits per heavy atom. The number of carbonyl (C=O) groups excluding carboxylic acids is 1. The fraction of sp³-hybridized carbons (Fsp3) is 0.297. The summed E-state index contributed by atoms with van der Waals surface area (Å²) in [6.45, 7) is 60.5. The first-order valence-electron chi connectivity index (χ1n) is 43.5. The Kier molecular flexibility index (Phi) is 34.0. The van der Waals surface area contributed by atoms with Gasteiger partial charge in [0.2, 0.25) is 28.4 Å². The average Bonchev–Trinajstić information content (AvgIpc) is 1.63. The number of aryl methyl sites for hydroxylation is 2. The molecule has 5 saturated heterocycles. The summed E-state index contributed by atoms with van der Waals surface area (Å²) >= 11 is 30.5. The number of aromatic nitrogens is 1. The number of hydrogen-bond acceptors (Lipinski definition) is 20. The number of nitrogens with one attached hydrogen (secondary N) is 2. The van der Waals surface area contributed by atoms with Crippen LogP contribution in [-0.2, 0) is 40.8 Å². The van der Waals surface area contributed by atoms with E-state index in [0.29, 0.717) is 175 Å². The van der Waals surface area contributed by atoms with Crippen molar-refractivity contribution in [2.45, 2.75) is 57.4 Å². The minimum atomic E-state index is -3.24. The molecule has 5 aliphatic rings. The molecule has 0 aliphatic carbocycles. The van der Waals surface area contributed by atoms with Gasteiger partial charge in [0.1, 0.15) is 14.6 Å². The van der Waals surface area contributed by atoms with Crippen molar-refractivity contribution in [2.24, 2.45) is 0 Å². The third kappa shape index (κ3) is 23.0. The number of alkyl carbamates (subject to hydrolysis) is 1. The number of amides is 1. The highest BCUT2D eigenvalue weighted by Crippen LogP contribution is 2.55. The van der Waals surface area contributed by atoms with Gasteiger partial charge in [0.05, 0.1) is 147 Å². The predicted molar refractivity (Wildman–Crippen MR) is 545 cm³/mol. The zero-order valence-corrected chi connectivity index (χ0v) is 81.8. The highest BCUT2D eigenvalue weighted by atomic mass is 35.5. The summed E-state index contributed by atoms with van der Waals surface area (Å²) in [4.78, 5) is 82.9. The number of benzene rings is 7. The number of ether oxygens (including phenoxy) is 6. The quantitative estimate of drug-likeness (QED) is 0.0331. The number of fused-ring (bicyclic) bond motifs is 3. The van der Waals surface area contributed by atoms with Crippen molar-refractivity contribution in [3.63, 3.8) is 0 Å². The molecular formula is C101H92Cl4F2N12O13S5. The summed E-state index contributed by atoms with van der Waals surface area (Å²) in [6, 6.07) is 45.5. The second-order valence-electron chi connectivity index (χ2n) is 32.0. The fourth-order valence-corrected chi connectivity index (χ4v) is 23.5. The first-order valence-corrected chi connectivity index (χ1v) is 49.1. The van der Waals surface area contributed by atoms with Crippen LogP contribution in [0.1, 0.15) is 126 Å². The van der Waals surface area contributed by atoms with Gasteiger partial charge in [-0.2, -0.15) is 8.78 Å². The van der Waals surface area contributed by atoms with Crippen molar-refractivity contribution in [1.29, 1.82) is 0 Å². The number of methoxy groups -OCH3 is 1. The lowest BCUT2D eigenvalue weighted by atomic mass is 9.87. The summed E-state index contributed by atoms with van der Waals surface area (Å²) in [5.41, 5.74) is 8.66. The number of carboxylic acid groups (broad SMARTS) is 3. The van der Waals surface area contributed by atoms with Gasteiger partial charge in [-0.3, -0.25) is 0 Å². The molecule has 5 N–H and O–H groups in total. The molecule has 5 aliphatic heterocycles. The van der Waals surface area contributed by atoms with E-state index in [0.717, 1.165) is 131 Å². The van der Waals surface area contributed by atoms with E-state index in [1.165, 1.54) is 58.9 Å². The Labute approximate surface area is 830 Å². The smallest absolute Gasteiger partial charge is 0.407 e. The normalized spacial score (nSPS) is 15.0. The molecule has 1 amide bonds. The van der Waals surface area contributed by atoms with Crippen molar-refractivity contribution in [3.8, 4) is 0 Å². The highest BCUT2D eigenvalue weighted by molar-refractivity contribution is 7.20. The minimum Gasteiger partial charge on any atom is -0.477 e. The molecule has 11 heterocycles. The molecule has 0 radical (unpaired) electrons. The summed E-state index contributed by atoms with van der Waals surface area (Å²) in [6.07, 6.45) is 2.21. The highest BCUT2D eigenvalue weighted by Gasteiger charge is 2.42. The Morgan fingerprint density at radius 2 is 0.883 bits per heavy atom. The topological polar surface area (TPSA) is 250 Å². The van der Waals surface area contributed by atoms with Gasteiger partial charge in [-0.05, 0) is 140 Å². The van der Waals surface area contributed by atoms with Crippen LogP contribution in [0.15, 0.2) is 164 Å². The van der Waals surface area contributed by atoms with E-state index >= 15 is 8.78 Å². The largest absolute Gasteiger partial charge is 0.477 e. The van der Waals surface area contributed by atoms with Gasteiger partial charge in [0.15, 0.2) is 0 Å². The first kappa shape index (κ1) is 101. The van der Waals surface area contributed by atoms with Gasteiger partial charge < -0.3 is 78.5 Å². The second kappa shape index (κ2) is 46.3. The number of aromatic carboxylic acids is 3. The van der Waals surface area contributed by atoms with E-state index in [9.17, 15) is 34.5 Å². The second-order valence-corrected chi connectivity index (χ2v) is 39.1. The number of hydrogen-bond donors (Lipinski definition) is 5. The summed E-state index contributed by atoms with van der Waals surface area (Å²) in [5.74, 6) is -6.95. The number of H-pyrrole nitrogens is 1. The van der Waals surface area contributed by atoms with Crippen LogP contribution < -0.4 is 29.8 Å². The van der Waals surface area contributed by atoms with E-state index in [2.05, 4.69) is 76.0 Å². The van der Waals surface area contributed by atoms with Crippen LogP contribution in [0.2, 0.25) is 20.1 Å². The standard InChI is InChI=1S/C23H21N3O5S.C22H20N2O3S.C20H18Cl2N2O3S.C19H18ClN3OS.C17H15ClF2N2OS/c1-24-19-17(20(22(27)28)32-21(19)26-9-11-31-12-10-26)18(25-23(29)30-2)16-8-7-14-5-3-4-6-15(14)13-16;1-14(16-8-7-15-5-3-4-6-17(15)13-16)18-19(23-2)21(28-20(18)22(25)26)24-9-11-27-12-10-24;1-3-4-13(12-5-6-14(21)15(22)11-12)16-17(23-2)19(28-18(16)20(25)26)24-7-9-27-10-8-24;1-12-16(11-15-9-13-3-4-14(20)10-17(13)22-15)18(21-2)19(25-12)23-5-7-24-8-6-23;1-11-14(17(19,20)12-3-5-13(18)6-4-12)15(21-2)16(24-11)22-7-9-23-10-8-22/h3-8,13,18H,9-12H2,2H3,(H,25,29)(H,27,28);3-8,13-14H,9-12H2,1H3,(H,25,26);3,5-6,11,13H,1,4,7-10H2,(H,25,26);3-4,9-10,22H,5-8,11H2,1H3;3-6H,7-10H2,1H3. The van der Waals surface area contributed by atoms with Crippen LogP contribution >= 0.6 is 103 Å². The molecular weight excluding hydrogens is 1930 g/mol. The molecule has 137 heavy (non-hydrogen) atoms. The molecule has 3 atom stereocenters. The molecule has 706 valence electrons. The minimum absolute atomic E-state index is 0.0204. The van der Waals surface area contributed by atoms with E-state index in [-0.39, 0.29) is 54.5 Å². The Balaban J connectivity index is 0.000000137. The van der Waals surface area contributed by atoms with Gasteiger partial charge in [-0.25, -0.2) is 43.4 Å². The zero-order chi connectivity index (χ0) is 97.3. The van der Waals surface area contributed by atoms with Crippen LogP contribution in [0.4, 0.5) is 67.0 Å². The molecule has 5 fully saturated rings. The van der Waals surface area contributed by atoms with E-state index in [1.54, 1.807) is 36.5 Å². The molecule has 3 unspecified atom stereocenters. The van der Waals surface area contributed by atoms with Crippen LogP contribution in [0.3, 0.4) is 0 Å². The molecule has 0 bridgehead atoms. The maximum absolute atomic E-state index is 15.1. The number of anilines is 5. The monoisotopic (exact) mass is 2020 g/mol. The molecule has 25 nitrogen and oxygen atoms in total. The van der Waals surface area contributed by atoms with Gasteiger partial charge in [0.25, 0.3) is 5.92 Å². The number of alkyl halides is 2. The Bertz CT molecular complexity index is 6850. The SMILES string of the molecule is [C-]#[N+]c1c(N2CCOCC2)sc(C(=O)O)c1C(C)c1ccc2ccccc2c1.[C-]#[N+]c1c(N2CCOCC2)sc(C(=O)O)c1C(CC=C)c1ccc(Cl)c(Cl)c1.[C-]#[N+]c1c(N2CCOCC2)sc(C(=O)O)c1C(NC(=O)OC)c1ccc2ccccc2c1.[C-]#[N+]c1c(N2CCOCC2)sc(C)c1C(F)(F)c1ccc(Cl)cc1.[C-]#[N+]c1c(N2CCOCC2)sc(C)c1Cc1cc2ccc(Cl)cc2[nH]1. The van der Waals surface area contributed by atoms with Crippen molar-refractivity contribution < 1.29 is 71.7 Å². The maximum atomic E-state index is 15.1. The Hall–Kier alpha value is -12.2. The van der Waals surface area contributed by atoms with Crippen molar-refractivity contribution in [1.82, 2.24) is 10.3 Å². The van der Waals surface area contributed by atoms with E-state index in [1.807, 2.05) is 119 Å². The lowest BCUT2D eigenvalue weighted by Crippen LogP contribution is -2.35. The number of carboxylic acids is 3. The van der Waals surface area contributed by atoms with Crippen LogP contribution in [0, 0.1) is 46.7 Å². The van der Waals surface area contributed by atoms with Gasteiger partial charge in [-0.15, -0.1) is 63.3 Å². The van der Waals surface area contributed by atoms with Gasteiger partial charge >= 0.3 is 24.0 Å². The van der Waals surface area contributed by atoms with Gasteiger partial charge in [-0.1, -0.05) is 163 Å². The number of rotatable bonds is 21. The summed E-state index contributed by atoms with van der Waals surface area (Å²) < 4.78 is 61.9. The molecule has 6 aromatic heterocycles. The van der Waals surface area contributed by atoms with Crippen molar-refractivity contribution in [2.75, 3.05) is 163 Å². The molecule has 36 heteroatoms. The molecule has 0 saturated carbocycles. The van der Waals surface area contributed by atoms with Crippen LogP contribution in [0.25, 0.3) is 56.7 Å². The number of carbonyl (C=O) groups is 4. The number of thiophene rings is 5. The van der Waals surface area contributed by atoms with Crippen molar-refractivity contribution in [3.05, 3.63) is 322 Å². The van der Waals surface area contributed by atoms with Crippen LogP contribution in [-0.4, -0.2) is 183 Å². The van der Waals surface area contributed by atoms with E-state index < -0.39 is 36.0 Å². The molecule has 18 rings (SSSR count). The lowest BCUT2D eigenvalue weighted by Gasteiger charge is -2.28. The number of nitrogens with zero attached hydrogens (tertiary/aromatic N) is 10. The summed E-state index contributed by atoms with van der Waals surface area (Å²) in [7, 11) is 1.24. The first-order chi connectivity index (χ1) is 66.2. The zero-order valence-electron chi connectivity index (χ0n) is 74.7. The lowest BCUT2D eigenvalue weighted by molar-refractivity contribution is 0.0435.